The lowest BCUT2D eigenvalue weighted by molar-refractivity contribution is 0.318. The molecule has 0 amide bonds. The molecule has 1 heterocycles. The molecular weight excluding hydrogens is 242 g/mol. The van der Waals surface area contributed by atoms with E-state index in [9.17, 15) is 0 Å². The van der Waals surface area contributed by atoms with Gasteiger partial charge in [-0.25, -0.2) is 9.97 Å². The van der Waals surface area contributed by atoms with Crippen LogP contribution in [0.1, 0.15) is 33.4 Å². The second-order valence-corrected chi connectivity index (χ2v) is 5.44. The SMILES string of the molecule is CC(C)CN(CC(C)C)c1cnc(C(N)=NO)cn1. The lowest BCUT2D eigenvalue weighted by Crippen LogP contribution is -2.32. The van der Waals surface area contributed by atoms with E-state index in [1.165, 1.54) is 6.20 Å². The van der Waals surface area contributed by atoms with E-state index in [0.29, 0.717) is 17.5 Å². The van der Waals surface area contributed by atoms with Gasteiger partial charge in [0, 0.05) is 13.1 Å². The number of oxime groups is 1. The normalized spacial score (nSPS) is 12.2. The molecule has 0 unspecified atom stereocenters. The zero-order chi connectivity index (χ0) is 14.4. The van der Waals surface area contributed by atoms with Gasteiger partial charge in [0.1, 0.15) is 11.5 Å². The van der Waals surface area contributed by atoms with Gasteiger partial charge in [0.25, 0.3) is 0 Å². The number of nitrogens with zero attached hydrogens (tertiary/aromatic N) is 4. The van der Waals surface area contributed by atoms with Gasteiger partial charge in [-0.2, -0.15) is 0 Å². The Morgan fingerprint density at radius 3 is 2.16 bits per heavy atom. The predicted octanol–water partition coefficient (Wildman–Crippen LogP) is 1.69. The van der Waals surface area contributed by atoms with E-state index in [1.54, 1.807) is 6.20 Å². The summed E-state index contributed by atoms with van der Waals surface area (Å²) in [6.45, 7) is 10.5. The second-order valence-electron chi connectivity index (χ2n) is 5.44. The van der Waals surface area contributed by atoms with Crippen LogP contribution in [0.5, 0.6) is 0 Å². The number of amidine groups is 1. The Morgan fingerprint density at radius 2 is 1.79 bits per heavy atom. The van der Waals surface area contributed by atoms with E-state index in [-0.39, 0.29) is 5.84 Å². The molecule has 106 valence electrons. The fourth-order valence-electron chi connectivity index (χ4n) is 1.81. The third-order valence-corrected chi connectivity index (χ3v) is 2.50. The quantitative estimate of drug-likeness (QED) is 0.354. The van der Waals surface area contributed by atoms with Crippen LogP contribution in [0, 0.1) is 11.8 Å². The Labute approximate surface area is 114 Å². The van der Waals surface area contributed by atoms with E-state index in [1.807, 2.05) is 0 Å². The van der Waals surface area contributed by atoms with E-state index >= 15 is 0 Å². The summed E-state index contributed by atoms with van der Waals surface area (Å²) < 4.78 is 0. The first-order chi connectivity index (χ1) is 8.93. The van der Waals surface area contributed by atoms with Crippen LogP contribution in [-0.2, 0) is 0 Å². The van der Waals surface area contributed by atoms with E-state index in [0.717, 1.165) is 18.9 Å². The first-order valence-electron chi connectivity index (χ1n) is 6.49. The smallest absolute Gasteiger partial charge is 0.190 e. The zero-order valence-corrected chi connectivity index (χ0v) is 12.0. The van der Waals surface area contributed by atoms with Gasteiger partial charge >= 0.3 is 0 Å². The summed E-state index contributed by atoms with van der Waals surface area (Å²) in [5, 5.41) is 11.5. The minimum absolute atomic E-state index is 0.0293. The molecule has 0 saturated carbocycles. The van der Waals surface area contributed by atoms with Crippen molar-refractivity contribution in [2.45, 2.75) is 27.7 Å². The van der Waals surface area contributed by atoms with Crippen LogP contribution in [0.2, 0.25) is 0 Å². The Kier molecular flexibility index (Phi) is 5.54. The molecule has 0 atom stereocenters. The average Bonchev–Trinajstić information content (AvgIpc) is 2.36. The van der Waals surface area contributed by atoms with Crippen LogP contribution in [0.15, 0.2) is 17.5 Å². The first-order valence-corrected chi connectivity index (χ1v) is 6.49. The van der Waals surface area contributed by atoms with Gasteiger partial charge in [0.2, 0.25) is 0 Å². The Morgan fingerprint density at radius 1 is 1.21 bits per heavy atom. The van der Waals surface area contributed by atoms with Crippen molar-refractivity contribution in [3.05, 3.63) is 18.1 Å². The summed E-state index contributed by atoms with van der Waals surface area (Å²) in [6.07, 6.45) is 3.19. The van der Waals surface area contributed by atoms with E-state index in [2.05, 4.69) is 47.7 Å². The fraction of sp³-hybridized carbons (Fsp3) is 0.615. The van der Waals surface area contributed by atoms with Gasteiger partial charge in [0.15, 0.2) is 5.84 Å². The molecule has 0 spiro atoms. The molecule has 1 rings (SSSR count). The number of rotatable bonds is 6. The molecule has 0 aromatic carbocycles. The Balaban J connectivity index is 2.90. The average molecular weight is 265 g/mol. The molecule has 0 aliphatic carbocycles. The van der Waals surface area contributed by atoms with Gasteiger partial charge in [-0.1, -0.05) is 32.9 Å². The summed E-state index contributed by atoms with van der Waals surface area (Å²) in [5.74, 6) is 1.88. The van der Waals surface area contributed by atoms with Crippen LogP contribution in [0.25, 0.3) is 0 Å². The molecule has 0 aliphatic rings. The third kappa shape index (κ3) is 4.73. The van der Waals surface area contributed by atoms with Crippen molar-refractivity contribution in [2.24, 2.45) is 22.7 Å². The minimum Gasteiger partial charge on any atom is -0.409 e. The van der Waals surface area contributed by atoms with E-state index < -0.39 is 0 Å². The van der Waals surface area contributed by atoms with Crippen LogP contribution < -0.4 is 10.6 Å². The largest absolute Gasteiger partial charge is 0.409 e. The predicted molar refractivity (Wildman–Crippen MR) is 76.4 cm³/mol. The molecule has 0 radical (unpaired) electrons. The highest BCUT2D eigenvalue weighted by Crippen LogP contribution is 2.13. The standard InChI is InChI=1S/C13H23N5O/c1-9(2)7-18(8-10(3)4)12-6-15-11(5-16-12)13(14)17-19/h5-6,9-10,19H,7-8H2,1-4H3,(H2,14,17). The summed E-state index contributed by atoms with van der Waals surface area (Å²) in [4.78, 5) is 10.7. The number of nitrogens with two attached hydrogens (primary N) is 1. The fourth-order valence-corrected chi connectivity index (χ4v) is 1.81. The van der Waals surface area contributed by atoms with Gasteiger partial charge in [-0.15, -0.1) is 0 Å². The van der Waals surface area contributed by atoms with Crippen molar-refractivity contribution in [1.29, 1.82) is 0 Å². The monoisotopic (exact) mass is 265 g/mol. The van der Waals surface area contributed by atoms with Gasteiger partial charge < -0.3 is 15.8 Å². The van der Waals surface area contributed by atoms with Crippen LogP contribution in [-0.4, -0.2) is 34.1 Å². The molecule has 6 nitrogen and oxygen atoms in total. The van der Waals surface area contributed by atoms with Crippen LogP contribution in [0.3, 0.4) is 0 Å². The third-order valence-electron chi connectivity index (χ3n) is 2.50. The summed E-state index contributed by atoms with van der Waals surface area (Å²) >= 11 is 0. The van der Waals surface area contributed by atoms with Crippen LogP contribution in [0.4, 0.5) is 5.82 Å². The van der Waals surface area contributed by atoms with Crippen LogP contribution >= 0.6 is 0 Å². The van der Waals surface area contributed by atoms with Crippen molar-refractivity contribution in [3.63, 3.8) is 0 Å². The molecule has 6 heteroatoms. The maximum atomic E-state index is 8.59. The van der Waals surface area contributed by atoms with Gasteiger partial charge in [0.05, 0.1) is 12.4 Å². The molecule has 0 fully saturated rings. The van der Waals surface area contributed by atoms with Gasteiger partial charge in [-0.05, 0) is 11.8 Å². The molecule has 3 N–H and O–H groups in total. The summed E-state index contributed by atoms with van der Waals surface area (Å²) in [7, 11) is 0. The first kappa shape index (κ1) is 15.2. The molecule has 1 aromatic rings. The zero-order valence-electron chi connectivity index (χ0n) is 12.0. The Hall–Kier alpha value is -1.85. The maximum absolute atomic E-state index is 8.59. The Bertz CT molecular complexity index is 404. The molecule has 0 aliphatic heterocycles. The number of hydrogen-bond donors (Lipinski definition) is 2. The van der Waals surface area contributed by atoms with Crippen molar-refractivity contribution >= 4 is 11.7 Å². The van der Waals surface area contributed by atoms with Crippen molar-refractivity contribution in [3.8, 4) is 0 Å². The summed E-state index contributed by atoms with van der Waals surface area (Å²) in [6, 6.07) is 0. The minimum atomic E-state index is -0.0293. The lowest BCUT2D eigenvalue weighted by Gasteiger charge is -2.27. The molecule has 0 saturated heterocycles. The maximum Gasteiger partial charge on any atom is 0.190 e. The number of hydrogen-bond acceptors (Lipinski definition) is 5. The lowest BCUT2D eigenvalue weighted by atomic mass is 10.1. The van der Waals surface area contributed by atoms with E-state index in [4.69, 9.17) is 10.9 Å². The molecular formula is C13H23N5O. The molecule has 19 heavy (non-hydrogen) atoms. The van der Waals surface area contributed by atoms with Crippen molar-refractivity contribution < 1.29 is 5.21 Å². The van der Waals surface area contributed by atoms with Crippen molar-refractivity contribution in [1.82, 2.24) is 9.97 Å². The number of aromatic nitrogens is 2. The highest BCUT2D eigenvalue weighted by Gasteiger charge is 2.12. The highest BCUT2D eigenvalue weighted by molar-refractivity contribution is 5.94. The molecule has 1 aromatic heterocycles. The highest BCUT2D eigenvalue weighted by atomic mass is 16.4. The second kappa shape index (κ2) is 6.92. The van der Waals surface area contributed by atoms with Gasteiger partial charge in [-0.3, -0.25) is 0 Å². The number of anilines is 1. The topological polar surface area (TPSA) is 87.6 Å². The van der Waals surface area contributed by atoms with Crippen molar-refractivity contribution in [2.75, 3.05) is 18.0 Å². The summed E-state index contributed by atoms with van der Waals surface area (Å²) in [5.41, 5.74) is 5.84. The molecule has 0 bridgehead atoms.